The average molecular weight is 286 g/mol. The van der Waals surface area contributed by atoms with Crippen LogP contribution in [0.15, 0.2) is 36.7 Å². The summed E-state index contributed by atoms with van der Waals surface area (Å²) in [5, 5.41) is 4.14. The van der Waals surface area contributed by atoms with Crippen molar-refractivity contribution < 1.29 is 4.79 Å². The number of aromatic nitrogens is 3. The third-order valence-electron chi connectivity index (χ3n) is 3.45. The molecule has 0 radical (unpaired) electrons. The monoisotopic (exact) mass is 286 g/mol. The predicted octanol–water partition coefficient (Wildman–Crippen LogP) is 2.45. The highest BCUT2D eigenvalue weighted by molar-refractivity contribution is 5.80. The lowest BCUT2D eigenvalue weighted by atomic mass is 10.0. The summed E-state index contributed by atoms with van der Waals surface area (Å²) < 4.78 is 1.79. The van der Waals surface area contributed by atoms with E-state index in [2.05, 4.69) is 10.1 Å². The Bertz CT molecular complexity index is 577. The molecule has 0 aliphatic carbocycles. The van der Waals surface area contributed by atoms with Crippen LogP contribution in [0.4, 0.5) is 0 Å². The van der Waals surface area contributed by atoms with Crippen molar-refractivity contribution in [1.82, 2.24) is 14.8 Å². The molecule has 5 heteroatoms. The number of hydrogen-bond donors (Lipinski definition) is 1. The molecule has 1 heterocycles. The molecule has 0 aliphatic rings. The number of nitrogens with two attached hydrogens (primary N) is 1. The second-order valence-corrected chi connectivity index (χ2v) is 5.49. The Morgan fingerprint density at radius 3 is 2.67 bits per heavy atom. The van der Waals surface area contributed by atoms with Gasteiger partial charge in [0.1, 0.15) is 17.9 Å². The summed E-state index contributed by atoms with van der Waals surface area (Å²) in [5.74, 6) is 0.875. The van der Waals surface area contributed by atoms with E-state index in [-0.39, 0.29) is 17.9 Å². The van der Waals surface area contributed by atoms with Crippen molar-refractivity contribution in [2.75, 3.05) is 0 Å². The Morgan fingerprint density at radius 1 is 1.29 bits per heavy atom. The van der Waals surface area contributed by atoms with Crippen LogP contribution in [0.5, 0.6) is 0 Å². The molecule has 5 nitrogen and oxygen atoms in total. The maximum Gasteiger partial charge on any atom is 0.140 e. The van der Waals surface area contributed by atoms with Crippen molar-refractivity contribution in [2.45, 2.75) is 45.2 Å². The highest BCUT2D eigenvalue weighted by Gasteiger charge is 2.14. The van der Waals surface area contributed by atoms with Crippen LogP contribution < -0.4 is 5.73 Å². The van der Waals surface area contributed by atoms with E-state index in [1.54, 1.807) is 4.68 Å². The standard InChI is InChI=1S/C16H22N4O/c1-12(2)20-16(18-11-19-20)10-14(21)8-9-15(17)13-6-4-3-5-7-13/h3-7,11-12,15H,8-10,17H2,1-2H3. The van der Waals surface area contributed by atoms with Crippen molar-refractivity contribution in [1.29, 1.82) is 0 Å². The van der Waals surface area contributed by atoms with Crippen molar-refractivity contribution in [3.8, 4) is 0 Å². The number of rotatable bonds is 7. The lowest BCUT2D eigenvalue weighted by molar-refractivity contribution is -0.118. The zero-order valence-electron chi connectivity index (χ0n) is 12.6. The predicted molar refractivity (Wildman–Crippen MR) is 81.7 cm³/mol. The van der Waals surface area contributed by atoms with E-state index in [9.17, 15) is 4.79 Å². The molecule has 1 aromatic heterocycles. The maximum absolute atomic E-state index is 12.1. The quantitative estimate of drug-likeness (QED) is 0.848. The first-order chi connectivity index (χ1) is 10.1. The number of carbonyl (C=O) groups is 1. The SMILES string of the molecule is CC(C)n1ncnc1CC(=O)CCC(N)c1ccccc1. The van der Waals surface area contributed by atoms with Gasteiger partial charge in [-0.05, 0) is 25.8 Å². The van der Waals surface area contributed by atoms with Crippen LogP contribution >= 0.6 is 0 Å². The topological polar surface area (TPSA) is 73.8 Å². The van der Waals surface area contributed by atoms with E-state index in [0.717, 1.165) is 11.4 Å². The molecule has 1 aromatic carbocycles. The Morgan fingerprint density at radius 2 is 2.00 bits per heavy atom. The molecule has 0 fully saturated rings. The number of ketones is 1. The van der Waals surface area contributed by atoms with E-state index >= 15 is 0 Å². The molecule has 1 unspecified atom stereocenters. The lowest BCUT2D eigenvalue weighted by Gasteiger charge is -2.12. The first-order valence-electron chi connectivity index (χ1n) is 7.28. The minimum atomic E-state index is -0.0990. The van der Waals surface area contributed by atoms with Crippen LogP contribution in [0.3, 0.4) is 0 Å². The van der Waals surface area contributed by atoms with Crippen molar-refractivity contribution in [2.24, 2.45) is 5.73 Å². The van der Waals surface area contributed by atoms with Gasteiger partial charge >= 0.3 is 0 Å². The van der Waals surface area contributed by atoms with E-state index in [1.807, 2.05) is 44.2 Å². The molecule has 1 atom stereocenters. The summed E-state index contributed by atoms with van der Waals surface area (Å²) in [6, 6.07) is 9.97. The van der Waals surface area contributed by atoms with Crippen molar-refractivity contribution in [3.05, 3.63) is 48.0 Å². The lowest BCUT2D eigenvalue weighted by Crippen LogP contribution is -2.16. The Kier molecular flexibility index (Phi) is 5.22. The molecule has 0 aliphatic heterocycles. The Balaban J connectivity index is 1.86. The van der Waals surface area contributed by atoms with Crippen LogP contribution in [0.2, 0.25) is 0 Å². The number of hydrogen-bond acceptors (Lipinski definition) is 4. The fourth-order valence-corrected chi connectivity index (χ4v) is 2.28. The van der Waals surface area contributed by atoms with Gasteiger partial charge in [0.05, 0.1) is 6.42 Å². The molecule has 112 valence electrons. The van der Waals surface area contributed by atoms with Crippen LogP contribution in [-0.2, 0) is 11.2 Å². The van der Waals surface area contributed by atoms with Crippen molar-refractivity contribution in [3.63, 3.8) is 0 Å². The number of nitrogens with zero attached hydrogens (tertiary/aromatic N) is 3. The zero-order chi connectivity index (χ0) is 15.2. The molecule has 2 aromatic rings. The molecular formula is C16H22N4O. The molecule has 0 amide bonds. The van der Waals surface area contributed by atoms with Gasteiger partial charge in [-0.3, -0.25) is 4.79 Å². The smallest absolute Gasteiger partial charge is 0.140 e. The van der Waals surface area contributed by atoms with Crippen LogP contribution in [-0.4, -0.2) is 20.5 Å². The second-order valence-electron chi connectivity index (χ2n) is 5.49. The van der Waals surface area contributed by atoms with Gasteiger partial charge in [0.15, 0.2) is 0 Å². The molecular weight excluding hydrogens is 264 g/mol. The second kappa shape index (κ2) is 7.13. The number of Topliss-reactive ketones (excluding diaryl/α,β-unsaturated/α-hetero) is 1. The Hall–Kier alpha value is -2.01. The first kappa shape index (κ1) is 15.4. The minimum absolute atomic E-state index is 0.0990. The summed E-state index contributed by atoms with van der Waals surface area (Å²) in [7, 11) is 0. The minimum Gasteiger partial charge on any atom is -0.324 e. The Labute approximate surface area is 125 Å². The summed E-state index contributed by atoms with van der Waals surface area (Å²) in [6.45, 7) is 4.04. The maximum atomic E-state index is 12.1. The highest BCUT2D eigenvalue weighted by Crippen LogP contribution is 2.16. The number of benzene rings is 1. The molecule has 0 bridgehead atoms. The van der Waals surface area contributed by atoms with Gasteiger partial charge in [-0.15, -0.1) is 0 Å². The van der Waals surface area contributed by atoms with Gasteiger partial charge in [-0.2, -0.15) is 5.10 Å². The molecule has 21 heavy (non-hydrogen) atoms. The fraction of sp³-hybridized carbons (Fsp3) is 0.438. The van der Waals surface area contributed by atoms with Crippen LogP contribution in [0, 0.1) is 0 Å². The van der Waals surface area contributed by atoms with E-state index in [0.29, 0.717) is 19.3 Å². The normalized spacial score (nSPS) is 12.6. The summed E-state index contributed by atoms with van der Waals surface area (Å²) in [4.78, 5) is 16.2. The van der Waals surface area contributed by atoms with Gasteiger partial charge in [-0.1, -0.05) is 30.3 Å². The summed E-state index contributed by atoms with van der Waals surface area (Å²) >= 11 is 0. The summed E-state index contributed by atoms with van der Waals surface area (Å²) in [6.07, 6.45) is 2.93. The molecule has 0 saturated carbocycles. The van der Waals surface area contributed by atoms with Crippen LogP contribution in [0.25, 0.3) is 0 Å². The van der Waals surface area contributed by atoms with E-state index in [4.69, 9.17) is 5.73 Å². The van der Waals surface area contributed by atoms with Gasteiger partial charge in [0.25, 0.3) is 0 Å². The fourth-order valence-electron chi connectivity index (χ4n) is 2.28. The average Bonchev–Trinajstić information content (AvgIpc) is 2.94. The van der Waals surface area contributed by atoms with Gasteiger partial charge in [-0.25, -0.2) is 9.67 Å². The van der Waals surface area contributed by atoms with Crippen molar-refractivity contribution >= 4 is 5.78 Å². The zero-order valence-corrected chi connectivity index (χ0v) is 12.6. The van der Waals surface area contributed by atoms with E-state index < -0.39 is 0 Å². The van der Waals surface area contributed by atoms with Crippen LogP contribution in [0.1, 0.15) is 50.2 Å². The third kappa shape index (κ3) is 4.23. The van der Waals surface area contributed by atoms with E-state index in [1.165, 1.54) is 6.33 Å². The largest absolute Gasteiger partial charge is 0.324 e. The van der Waals surface area contributed by atoms with Gasteiger partial charge in [0, 0.05) is 18.5 Å². The number of carbonyl (C=O) groups excluding carboxylic acids is 1. The molecule has 2 N–H and O–H groups in total. The van der Waals surface area contributed by atoms with Gasteiger partial charge in [0.2, 0.25) is 0 Å². The summed E-state index contributed by atoms with van der Waals surface area (Å²) in [5.41, 5.74) is 7.17. The highest BCUT2D eigenvalue weighted by atomic mass is 16.1. The third-order valence-corrected chi connectivity index (χ3v) is 3.45. The first-order valence-corrected chi connectivity index (χ1v) is 7.28. The molecule has 2 rings (SSSR count). The van der Waals surface area contributed by atoms with Gasteiger partial charge < -0.3 is 5.73 Å². The molecule has 0 spiro atoms. The molecule has 0 saturated heterocycles.